The minimum absolute atomic E-state index is 0.0348. The molecule has 1 fully saturated rings. The fraction of sp³-hybridized carbons (Fsp3) is 0.429. The molecule has 2 aliphatic rings. The zero-order chi connectivity index (χ0) is 25.8. The highest BCUT2D eigenvalue weighted by Gasteiger charge is 2.42. The molecule has 0 unspecified atom stereocenters. The Balaban J connectivity index is 1.25. The second kappa shape index (κ2) is 11.2. The van der Waals surface area contributed by atoms with Crippen LogP contribution in [0.1, 0.15) is 53.7 Å². The summed E-state index contributed by atoms with van der Waals surface area (Å²) in [5.41, 5.74) is 3.30. The maximum absolute atomic E-state index is 13.2. The molecule has 1 aliphatic carbocycles. The van der Waals surface area contributed by atoms with Gasteiger partial charge in [-0.05, 0) is 80.7 Å². The van der Waals surface area contributed by atoms with Gasteiger partial charge in [0, 0.05) is 36.5 Å². The zero-order valence-corrected chi connectivity index (χ0v) is 20.7. The molecule has 1 aromatic carbocycles. The van der Waals surface area contributed by atoms with Gasteiger partial charge in [-0.25, -0.2) is 9.78 Å². The number of aromatic nitrogens is 2. The quantitative estimate of drug-likeness (QED) is 0.355. The van der Waals surface area contributed by atoms with E-state index in [2.05, 4.69) is 22.4 Å². The largest absolute Gasteiger partial charge is 0.480 e. The van der Waals surface area contributed by atoms with Crippen molar-refractivity contribution in [1.29, 1.82) is 0 Å². The van der Waals surface area contributed by atoms with Crippen LogP contribution in [-0.2, 0) is 22.5 Å². The Morgan fingerprint density at radius 1 is 1.16 bits per heavy atom. The van der Waals surface area contributed by atoms with Crippen molar-refractivity contribution in [2.75, 3.05) is 18.5 Å². The number of carbonyl (C=O) groups excluding carboxylic acids is 1. The highest BCUT2D eigenvalue weighted by molar-refractivity contribution is 6.03. The van der Waals surface area contributed by atoms with Gasteiger partial charge in [-0.1, -0.05) is 18.2 Å². The number of nitrogens with one attached hydrogen (secondary N) is 1. The number of benzene rings is 1. The molecule has 2 aromatic heterocycles. The Labute approximate surface area is 215 Å². The van der Waals surface area contributed by atoms with Crippen LogP contribution in [0.4, 0.5) is 5.82 Å². The maximum atomic E-state index is 13.2. The molecule has 0 amide bonds. The van der Waals surface area contributed by atoms with E-state index in [9.17, 15) is 19.8 Å². The number of carbonyl (C=O) groups is 2. The number of aliphatic hydroxyl groups is 1. The lowest BCUT2D eigenvalue weighted by Crippen LogP contribution is -2.53. The molecule has 0 spiro atoms. The standard InChI is InChI=1S/C28H32N4O5/c33-15-12-25(27(34)35)32(37-28(36)23-5-1-7-24-22(23)6-3-13-29-24)21-16-18(17-21)8-10-20-11-9-19-4-2-14-30-26(19)31-20/h1,3,5-7,9,11,13,18,21,25,33H,2,4,8,10,12,14-17H2,(H,30,31)(H,34,35)/t18?,21?,25-/m0/s1. The van der Waals surface area contributed by atoms with Crippen molar-refractivity contribution in [1.82, 2.24) is 15.0 Å². The molecule has 3 N–H and O–H groups in total. The van der Waals surface area contributed by atoms with Gasteiger partial charge in [0.25, 0.3) is 0 Å². The van der Waals surface area contributed by atoms with E-state index in [1.54, 1.807) is 36.5 Å². The van der Waals surface area contributed by atoms with Gasteiger partial charge >= 0.3 is 11.9 Å². The Hall–Kier alpha value is -3.56. The molecule has 0 radical (unpaired) electrons. The normalized spacial score (nSPS) is 19.5. The number of aryl methyl sites for hydroxylation is 2. The highest BCUT2D eigenvalue weighted by atomic mass is 16.7. The number of hydrogen-bond donors (Lipinski definition) is 3. The summed E-state index contributed by atoms with van der Waals surface area (Å²) in [7, 11) is 0. The molecule has 5 rings (SSSR count). The molecular weight excluding hydrogens is 472 g/mol. The molecule has 194 valence electrons. The Morgan fingerprint density at radius 2 is 2.03 bits per heavy atom. The Morgan fingerprint density at radius 3 is 2.84 bits per heavy atom. The van der Waals surface area contributed by atoms with E-state index in [0.717, 1.165) is 43.7 Å². The van der Waals surface area contributed by atoms with Crippen molar-refractivity contribution < 1.29 is 24.6 Å². The zero-order valence-electron chi connectivity index (χ0n) is 20.7. The Kier molecular flexibility index (Phi) is 7.62. The van der Waals surface area contributed by atoms with Crippen molar-refractivity contribution in [3.05, 3.63) is 65.5 Å². The van der Waals surface area contributed by atoms with Gasteiger partial charge in [0.1, 0.15) is 11.9 Å². The third-order valence-corrected chi connectivity index (χ3v) is 7.38. The number of fused-ring (bicyclic) bond motifs is 2. The third-order valence-electron chi connectivity index (χ3n) is 7.38. The second-order valence-electron chi connectivity index (χ2n) is 9.85. The SMILES string of the molecule is O=C(ON(C1CC(CCc2ccc3c(n2)NCCC3)C1)[C@@H](CCO)C(=O)O)c1cccc2ncccc12. The molecule has 9 nitrogen and oxygen atoms in total. The van der Waals surface area contributed by atoms with Gasteiger partial charge in [-0.2, -0.15) is 0 Å². The first kappa shape index (κ1) is 25.1. The van der Waals surface area contributed by atoms with Crippen LogP contribution in [0.5, 0.6) is 0 Å². The van der Waals surface area contributed by atoms with E-state index < -0.39 is 18.0 Å². The molecular formula is C28H32N4O5. The molecule has 0 saturated heterocycles. The molecule has 3 heterocycles. The van der Waals surface area contributed by atoms with Crippen LogP contribution >= 0.6 is 0 Å². The van der Waals surface area contributed by atoms with Crippen LogP contribution in [0.15, 0.2) is 48.7 Å². The molecule has 1 aliphatic heterocycles. The molecule has 0 bridgehead atoms. The first-order valence-corrected chi connectivity index (χ1v) is 12.9. The maximum Gasteiger partial charge on any atom is 0.357 e. The molecule has 37 heavy (non-hydrogen) atoms. The number of nitrogens with zero attached hydrogens (tertiary/aromatic N) is 3. The summed E-state index contributed by atoms with van der Waals surface area (Å²) in [5.74, 6) is -0.389. The number of carboxylic acids is 1. The van der Waals surface area contributed by atoms with Crippen molar-refractivity contribution in [2.24, 2.45) is 5.92 Å². The third kappa shape index (κ3) is 5.57. The van der Waals surface area contributed by atoms with Gasteiger partial charge in [0.05, 0.1) is 11.1 Å². The average molecular weight is 505 g/mol. The van der Waals surface area contributed by atoms with Gasteiger partial charge in [-0.15, -0.1) is 5.06 Å². The van der Waals surface area contributed by atoms with Crippen LogP contribution in [0, 0.1) is 5.92 Å². The van der Waals surface area contributed by atoms with Crippen molar-refractivity contribution >= 4 is 28.7 Å². The monoisotopic (exact) mass is 504 g/mol. The number of aliphatic hydroxyl groups excluding tert-OH is 1. The fourth-order valence-electron chi connectivity index (χ4n) is 5.30. The van der Waals surface area contributed by atoms with Crippen LogP contribution in [0.25, 0.3) is 10.9 Å². The number of hydroxylamine groups is 2. The smallest absolute Gasteiger partial charge is 0.357 e. The summed E-state index contributed by atoms with van der Waals surface area (Å²) in [5, 5.41) is 24.7. The highest BCUT2D eigenvalue weighted by Crippen LogP contribution is 2.37. The number of rotatable bonds is 10. The van der Waals surface area contributed by atoms with Crippen LogP contribution in [-0.4, -0.2) is 62.4 Å². The fourth-order valence-corrected chi connectivity index (χ4v) is 5.30. The number of anilines is 1. The van der Waals surface area contributed by atoms with Gasteiger partial charge in [0.15, 0.2) is 0 Å². The summed E-state index contributed by atoms with van der Waals surface area (Å²) < 4.78 is 0. The first-order valence-electron chi connectivity index (χ1n) is 12.9. The summed E-state index contributed by atoms with van der Waals surface area (Å²) >= 11 is 0. The van der Waals surface area contributed by atoms with E-state index in [0.29, 0.717) is 35.2 Å². The summed E-state index contributed by atoms with van der Waals surface area (Å²) in [6.45, 7) is 0.633. The summed E-state index contributed by atoms with van der Waals surface area (Å²) in [6, 6.07) is 11.6. The van der Waals surface area contributed by atoms with Gasteiger partial charge in [0.2, 0.25) is 0 Å². The number of aliphatic carboxylic acids is 1. The van der Waals surface area contributed by atoms with E-state index in [1.165, 1.54) is 10.6 Å². The van der Waals surface area contributed by atoms with E-state index in [4.69, 9.17) is 9.82 Å². The minimum Gasteiger partial charge on any atom is -0.480 e. The van der Waals surface area contributed by atoms with Gasteiger partial charge < -0.3 is 20.4 Å². The van der Waals surface area contributed by atoms with Gasteiger partial charge in [-0.3, -0.25) is 9.78 Å². The lowest BCUT2D eigenvalue weighted by Gasteiger charge is -2.43. The predicted molar refractivity (Wildman–Crippen MR) is 138 cm³/mol. The summed E-state index contributed by atoms with van der Waals surface area (Å²) in [4.78, 5) is 40.0. The molecule has 9 heteroatoms. The lowest BCUT2D eigenvalue weighted by molar-refractivity contribution is -0.204. The van der Waals surface area contributed by atoms with Crippen molar-refractivity contribution in [3.63, 3.8) is 0 Å². The van der Waals surface area contributed by atoms with Crippen LogP contribution in [0.3, 0.4) is 0 Å². The van der Waals surface area contributed by atoms with E-state index >= 15 is 0 Å². The molecule has 3 aromatic rings. The topological polar surface area (TPSA) is 125 Å². The van der Waals surface area contributed by atoms with Crippen LogP contribution < -0.4 is 5.32 Å². The van der Waals surface area contributed by atoms with Crippen LogP contribution in [0.2, 0.25) is 0 Å². The lowest BCUT2D eigenvalue weighted by atomic mass is 9.76. The number of hydrogen-bond acceptors (Lipinski definition) is 8. The Bertz CT molecular complexity index is 1270. The second-order valence-corrected chi connectivity index (χ2v) is 9.85. The van der Waals surface area contributed by atoms with E-state index in [1.807, 2.05) is 0 Å². The molecule has 1 saturated carbocycles. The van der Waals surface area contributed by atoms with Crippen molar-refractivity contribution in [3.8, 4) is 0 Å². The summed E-state index contributed by atoms with van der Waals surface area (Å²) in [6.07, 6.45) is 6.99. The molecule has 1 atom stereocenters. The predicted octanol–water partition coefficient (Wildman–Crippen LogP) is 3.61. The average Bonchev–Trinajstić information content (AvgIpc) is 2.89. The number of carboxylic acid groups (broad SMARTS) is 1. The van der Waals surface area contributed by atoms with E-state index in [-0.39, 0.29) is 19.1 Å². The first-order chi connectivity index (χ1) is 18.0. The van der Waals surface area contributed by atoms with Crippen molar-refractivity contribution in [2.45, 2.75) is 57.0 Å². The number of pyridine rings is 2. The minimum atomic E-state index is -1.13.